The molecule has 1 aromatic rings. The molecule has 4 heteroatoms. The average Bonchev–Trinajstić information content (AvgIpc) is 2.81. The Balaban J connectivity index is 1.95. The number of rotatable bonds is 5. The van der Waals surface area contributed by atoms with Crippen LogP contribution in [0.4, 0.5) is 0 Å². The summed E-state index contributed by atoms with van der Waals surface area (Å²) in [6, 6.07) is 2.05. The maximum absolute atomic E-state index is 5.97. The van der Waals surface area contributed by atoms with E-state index in [0.29, 0.717) is 18.4 Å². The molecule has 0 spiro atoms. The molecule has 3 nitrogen and oxygen atoms in total. The Bertz CT molecular complexity index is 403. The van der Waals surface area contributed by atoms with E-state index in [4.69, 9.17) is 16.3 Å². The third kappa shape index (κ3) is 3.36. The fourth-order valence-electron chi connectivity index (χ4n) is 2.39. The number of hydrogen-bond donors (Lipinski definition) is 0. The monoisotopic (exact) mass is 268 g/mol. The molecular weight excluding hydrogens is 248 g/mol. The first kappa shape index (κ1) is 13.6. The van der Waals surface area contributed by atoms with Crippen molar-refractivity contribution in [2.24, 2.45) is 0 Å². The van der Waals surface area contributed by atoms with E-state index in [1.54, 1.807) is 0 Å². The van der Waals surface area contributed by atoms with Gasteiger partial charge in [0.15, 0.2) is 0 Å². The lowest BCUT2D eigenvalue weighted by Crippen LogP contribution is -2.25. The van der Waals surface area contributed by atoms with E-state index in [1.807, 2.05) is 13.0 Å². The summed E-state index contributed by atoms with van der Waals surface area (Å²) in [5, 5.41) is 0. The van der Waals surface area contributed by atoms with Crippen LogP contribution in [0.3, 0.4) is 0 Å². The lowest BCUT2D eigenvalue weighted by atomic mass is 10.1. The van der Waals surface area contributed by atoms with Crippen molar-refractivity contribution in [2.75, 3.05) is 26.2 Å². The quantitative estimate of drug-likeness (QED) is 0.768. The summed E-state index contributed by atoms with van der Waals surface area (Å²) in [5.41, 5.74) is 3.16. The van der Waals surface area contributed by atoms with Gasteiger partial charge in [0.2, 0.25) is 5.88 Å². The van der Waals surface area contributed by atoms with Crippen LogP contribution in [0, 0.1) is 13.8 Å². The topological polar surface area (TPSA) is 25.4 Å². The Morgan fingerprint density at radius 2 is 2.06 bits per heavy atom. The number of halogens is 1. The number of ether oxygens (including phenoxy) is 1. The van der Waals surface area contributed by atoms with Gasteiger partial charge in [-0.15, -0.1) is 11.6 Å². The normalized spacial score (nSPS) is 16.2. The molecule has 0 radical (unpaired) electrons. The number of nitrogens with zero attached hydrogens (tertiary/aromatic N) is 2. The van der Waals surface area contributed by atoms with Crippen molar-refractivity contribution in [3.8, 4) is 5.88 Å². The standard InChI is InChI=1S/C14H21ClN2O/c1-11-9-12(2)16-14(13(11)10-15)18-8-7-17-5-3-4-6-17/h9H,3-8,10H2,1-2H3. The van der Waals surface area contributed by atoms with Crippen molar-refractivity contribution in [1.82, 2.24) is 9.88 Å². The summed E-state index contributed by atoms with van der Waals surface area (Å²) in [6.07, 6.45) is 2.63. The molecule has 0 aliphatic carbocycles. The van der Waals surface area contributed by atoms with Crippen molar-refractivity contribution < 1.29 is 4.74 Å². The average molecular weight is 269 g/mol. The Hall–Kier alpha value is -0.800. The van der Waals surface area contributed by atoms with Gasteiger partial charge in [-0.05, 0) is 51.4 Å². The van der Waals surface area contributed by atoms with E-state index in [1.165, 1.54) is 25.9 Å². The van der Waals surface area contributed by atoms with E-state index in [9.17, 15) is 0 Å². The maximum Gasteiger partial charge on any atom is 0.218 e. The molecule has 0 aromatic carbocycles. The van der Waals surface area contributed by atoms with E-state index in [0.717, 1.165) is 23.4 Å². The first-order chi connectivity index (χ1) is 8.70. The van der Waals surface area contributed by atoms with Gasteiger partial charge in [0, 0.05) is 17.8 Å². The highest BCUT2D eigenvalue weighted by atomic mass is 35.5. The number of hydrogen-bond acceptors (Lipinski definition) is 3. The lowest BCUT2D eigenvalue weighted by Gasteiger charge is -2.16. The van der Waals surface area contributed by atoms with Crippen LogP contribution < -0.4 is 4.74 Å². The highest BCUT2D eigenvalue weighted by Gasteiger charge is 2.13. The van der Waals surface area contributed by atoms with Crippen molar-refractivity contribution in [2.45, 2.75) is 32.6 Å². The van der Waals surface area contributed by atoms with E-state index >= 15 is 0 Å². The lowest BCUT2D eigenvalue weighted by molar-refractivity contribution is 0.230. The zero-order valence-corrected chi connectivity index (χ0v) is 12.0. The second-order valence-corrected chi connectivity index (χ2v) is 5.16. The van der Waals surface area contributed by atoms with Gasteiger partial charge >= 0.3 is 0 Å². The van der Waals surface area contributed by atoms with Gasteiger partial charge in [-0.2, -0.15) is 0 Å². The zero-order chi connectivity index (χ0) is 13.0. The fourth-order valence-corrected chi connectivity index (χ4v) is 2.71. The third-order valence-electron chi connectivity index (χ3n) is 3.42. The van der Waals surface area contributed by atoms with Gasteiger partial charge in [-0.3, -0.25) is 4.90 Å². The second-order valence-electron chi connectivity index (χ2n) is 4.90. The molecule has 0 unspecified atom stereocenters. The van der Waals surface area contributed by atoms with Crippen LogP contribution in [0.2, 0.25) is 0 Å². The van der Waals surface area contributed by atoms with Crippen LogP contribution in [-0.4, -0.2) is 36.1 Å². The number of likely N-dealkylation sites (tertiary alicyclic amines) is 1. The molecule has 1 aromatic heterocycles. The zero-order valence-electron chi connectivity index (χ0n) is 11.2. The maximum atomic E-state index is 5.97. The van der Waals surface area contributed by atoms with Crippen LogP contribution >= 0.6 is 11.6 Å². The fraction of sp³-hybridized carbons (Fsp3) is 0.643. The minimum absolute atomic E-state index is 0.457. The van der Waals surface area contributed by atoms with Crippen LogP contribution in [-0.2, 0) is 5.88 Å². The van der Waals surface area contributed by atoms with E-state index in [2.05, 4.69) is 16.8 Å². The number of alkyl halides is 1. The van der Waals surface area contributed by atoms with E-state index in [-0.39, 0.29) is 0 Å². The highest BCUT2D eigenvalue weighted by Crippen LogP contribution is 2.22. The van der Waals surface area contributed by atoms with Gasteiger partial charge in [0.1, 0.15) is 6.61 Å². The van der Waals surface area contributed by atoms with E-state index < -0.39 is 0 Å². The summed E-state index contributed by atoms with van der Waals surface area (Å²) >= 11 is 5.97. The molecular formula is C14H21ClN2O. The third-order valence-corrected chi connectivity index (χ3v) is 3.68. The Morgan fingerprint density at radius 1 is 1.33 bits per heavy atom. The van der Waals surface area contributed by atoms with Crippen molar-refractivity contribution >= 4 is 11.6 Å². The van der Waals surface area contributed by atoms with Crippen LogP contribution in [0.15, 0.2) is 6.07 Å². The second kappa shape index (κ2) is 6.39. The smallest absolute Gasteiger partial charge is 0.218 e. The molecule has 2 heterocycles. The summed E-state index contributed by atoms with van der Waals surface area (Å²) in [7, 11) is 0. The molecule has 0 atom stereocenters. The molecule has 0 N–H and O–H groups in total. The predicted octanol–water partition coefficient (Wildman–Crippen LogP) is 2.91. The van der Waals surface area contributed by atoms with Gasteiger partial charge in [0.05, 0.1) is 5.88 Å². The number of aromatic nitrogens is 1. The molecule has 0 saturated carbocycles. The van der Waals surface area contributed by atoms with Gasteiger partial charge in [-0.1, -0.05) is 0 Å². The first-order valence-electron chi connectivity index (χ1n) is 6.59. The molecule has 100 valence electrons. The number of aryl methyl sites for hydroxylation is 2. The first-order valence-corrected chi connectivity index (χ1v) is 7.12. The molecule has 1 fully saturated rings. The highest BCUT2D eigenvalue weighted by molar-refractivity contribution is 6.17. The van der Waals surface area contributed by atoms with Gasteiger partial charge < -0.3 is 4.74 Å². The van der Waals surface area contributed by atoms with Gasteiger partial charge in [-0.25, -0.2) is 4.98 Å². The van der Waals surface area contributed by atoms with Crippen molar-refractivity contribution in [3.63, 3.8) is 0 Å². The largest absolute Gasteiger partial charge is 0.476 e. The van der Waals surface area contributed by atoms with Crippen molar-refractivity contribution in [3.05, 3.63) is 22.9 Å². The van der Waals surface area contributed by atoms with Crippen molar-refractivity contribution in [1.29, 1.82) is 0 Å². The summed E-state index contributed by atoms with van der Waals surface area (Å²) in [5.74, 6) is 1.17. The Morgan fingerprint density at radius 3 is 2.72 bits per heavy atom. The van der Waals surface area contributed by atoms with Crippen LogP contribution in [0.1, 0.15) is 29.7 Å². The number of pyridine rings is 1. The Labute approximate surface area is 114 Å². The summed E-state index contributed by atoms with van der Waals surface area (Å²) < 4.78 is 5.81. The van der Waals surface area contributed by atoms with Crippen LogP contribution in [0.5, 0.6) is 5.88 Å². The van der Waals surface area contributed by atoms with Gasteiger partial charge in [0.25, 0.3) is 0 Å². The molecule has 1 aliphatic heterocycles. The SMILES string of the molecule is Cc1cc(C)c(CCl)c(OCCN2CCCC2)n1. The minimum Gasteiger partial charge on any atom is -0.476 e. The summed E-state index contributed by atoms with van der Waals surface area (Å²) in [6.45, 7) is 8.12. The molecule has 1 aliphatic rings. The summed E-state index contributed by atoms with van der Waals surface area (Å²) in [4.78, 5) is 6.88. The van der Waals surface area contributed by atoms with Crippen LogP contribution in [0.25, 0.3) is 0 Å². The predicted molar refractivity (Wildman–Crippen MR) is 74.4 cm³/mol. The molecule has 1 saturated heterocycles. The molecule has 0 bridgehead atoms. The molecule has 2 rings (SSSR count). The Kier molecular flexibility index (Phi) is 4.84. The molecule has 0 amide bonds. The minimum atomic E-state index is 0.457. The molecule has 18 heavy (non-hydrogen) atoms.